The SMILES string of the molecule is CC(CNc1cnn(CCN(C)C)c(=O)c1Cl)C(C)(C)C. The third-order valence-electron chi connectivity index (χ3n) is 3.82. The number of halogens is 1. The van der Waals surface area contributed by atoms with Gasteiger partial charge in [0.15, 0.2) is 0 Å². The highest BCUT2D eigenvalue weighted by atomic mass is 35.5. The molecule has 6 heteroatoms. The van der Waals surface area contributed by atoms with Gasteiger partial charge in [-0.1, -0.05) is 39.3 Å². The molecule has 0 radical (unpaired) electrons. The molecule has 0 aliphatic rings. The third kappa shape index (κ3) is 5.32. The molecule has 1 unspecified atom stereocenters. The Hall–Kier alpha value is -1.07. The van der Waals surface area contributed by atoms with Gasteiger partial charge in [0.05, 0.1) is 18.4 Å². The number of anilines is 1. The first-order valence-electron chi connectivity index (χ1n) is 7.27. The lowest BCUT2D eigenvalue weighted by molar-refractivity contribution is 0.274. The summed E-state index contributed by atoms with van der Waals surface area (Å²) in [6.07, 6.45) is 1.63. The minimum atomic E-state index is -0.244. The largest absolute Gasteiger partial charge is 0.382 e. The molecule has 0 aliphatic heterocycles. The van der Waals surface area contributed by atoms with E-state index in [0.717, 1.165) is 13.1 Å². The second-order valence-electron chi connectivity index (χ2n) is 6.85. The van der Waals surface area contributed by atoms with Gasteiger partial charge in [0.1, 0.15) is 5.02 Å². The van der Waals surface area contributed by atoms with Crippen LogP contribution in [0.3, 0.4) is 0 Å². The lowest BCUT2D eigenvalue weighted by Crippen LogP contribution is -2.30. The van der Waals surface area contributed by atoms with Gasteiger partial charge in [-0.25, -0.2) is 4.68 Å². The average Bonchev–Trinajstić information content (AvgIpc) is 2.37. The van der Waals surface area contributed by atoms with Crippen LogP contribution < -0.4 is 10.9 Å². The van der Waals surface area contributed by atoms with Gasteiger partial charge in [-0.05, 0) is 25.4 Å². The monoisotopic (exact) mass is 314 g/mol. The van der Waals surface area contributed by atoms with Crippen LogP contribution in [0, 0.1) is 11.3 Å². The van der Waals surface area contributed by atoms with Crippen molar-refractivity contribution in [2.45, 2.75) is 34.2 Å². The fourth-order valence-electron chi connectivity index (χ4n) is 1.61. The molecule has 1 N–H and O–H groups in total. The molecular weight excluding hydrogens is 288 g/mol. The van der Waals surface area contributed by atoms with Crippen LogP contribution in [0.1, 0.15) is 27.7 Å². The summed E-state index contributed by atoms with van der Waals surface area (Å²) in [5.41, 5.74) is 0.568. The minimum absolute atomic E-state index is 0.202. The maximum absolute atomic E-state index is 12.2. The van der Waals surface area contributed by atoms with E-state index in [0.29, 0.717) is 18.2 Å². The van der Waals surface area contributed by atoms with Gasteiger partial charge in [-0.15, -0.1) is 0 Å². The zero-order valence-electron chi connectivity index (χ0n) is 13.9. The Kier molecular flexibility index (Phi) is 6.23. The quantitative estimate of drug-likeness (QED) is 0.876. The van der Waals surface area contributed by atoms with Crippen LogP contribution in [-0.4, -0.2) is 41.9 Å². The number of nitrogens with zero attached hydrogens (tertiary/aromatic N) is 3. The van der Waals surface area contributed by atoms with Crippen LogP contribution in [0.4, 0.5) is 5.69 Å². The van der Waals surface area contributed by atoms with Gasteiger partial charge < -0.3 is 10.2 Å². The van der Waals surface area contributed by atoms with Gasteiger partial charge in [-0.3, -0.25) is 4.79 Å². The topological polar surface area (TPSA) is 50.2 Å². The Morgan fingerprint density at radius 3 is 2.57 bits per heavy atom. The molecule has 0 aliphatic carbocycles. The number of hydrogen-bond acceptors (Lipinski definition) is 4. The molecule has 0 spiro atoms. The van der Waals surface area contributed by atoms with Crippen LogP contribution >= 0.6 is 11.6 Å². The predicted octanol–water partition coefficient (Wildman–Crippen LogP) is 2.55. The van der Waals surface area contributed by atoms with Crippen molar-refractivity contribution >= 4 is 17.3 Å². The highest BCUT2D eigenvalue weighted by Crippen LogP contribution is 2.26. The molecule has 21 heavy (non-hydrogen) atoms. The Morgan fingerprint density at radius 1 is 1.43 bits per heavy atom. The van der Waals surface area contributed by atoms with Crippen molar-refractivity contribution in [3.63, 3.8) is 0 Å². The standard InChI is InChI=1S/C15H27ClN4O/c1-11(15(2,3)4)9-17-12-10-18-20(8-7-19(5)6)14(21)13(12)16/h10-11,17H,7-9H2,1-6H3. The summed E-state index contributed by atoms with van der Waals surface area (Å²) in [5, 5.41) is 7.63. The number of likely N-dealkylation sites (N-methyl/N-ethyl adjacent to an activating group) is 1. The van der Waals surface area contributed by atoms with Crippen molar-refractivity contribution in [3.05, 3.63) is 21.6 Å². The van der Waals surface area contributed by atoms with Gasteiger partial charge in [0, 0.05) is 13.1 Å². The van der Waals surface area contributed by atoms with Crippen molar-refractivity contribution in [1.82, 2.24) is 14.7 Å². The molecule has 120 valence electrons. The molecule has 1 atom stereocenters. The number of hydrogen-bond donors (Lipinski definition) is 1. The predicted molar refractivity (Wildman–Crippen MR) is 89.2 cm³/mol. The van der Waals surface area contributed by atoms with Crippen molar-refractivity contribution in [2.75, 3.05) is 32.5 Å². The minimum Gasteiger partial charge on any atom is -0.382 e. The molecular formula is C15H27ClN4O. The van der Waals surface area contributed by atoms with Crippen LogP contribution in [0.15, 0.2) is 11.0 Å². The third-order valence-corrected chi connectivity index (χ3v) is 4.19. The maximum Gasteiger partial charge on any atom is 0.287 e. The lowest BCUT2D eigenvalue weighted by atomic mass is 9.82. The maximum atomic E-state index is 12.2. The summed E-state index contributed by atoms with van der Waals surface area (Å²) in [7, 11) is 3.91. The van der Waals surface area contributed by atoms with Crippen molar-refractivity contribution in [3.8, 4) is 0 Å². The summed E-state index contributed by atoms with van der Waals surface area (Å²) >= 11 is 6.16. The van der Waals surface area contributed by atoms with Gasteiger partial charge in [-0.2, -0.15) is 5.10 Å². The average molecular weight is 315 g/mol. The van der Waals surface area contributed by atoms with Crippen LogP contribution in [0.5, 0.6) is 0 Å². The number of aromatic nitrogens is 2. The van der Waals surface area contributed by atoms with E-state index in [2.05, 4.69) is 38.1 Å². The molecule has 1 aromatic rings. The molecule has 0 amide bonds. The van der Waals surface area contributed by atoms with E-state index >= 15 is 0 Å². The molecule has 0 bridgehead atoms. The molecule has 0 saturated carbocycles. The molecule has 1 rings (SSSR count). The second-order valence-corrected chi connectivity index (χ2v) is 7.23. The first-order chi connectivity index (χ1) is 9.62. The van der Waals surface area contributed by atoms with E-state index in [1.54, 1.807) is 6.20 Å². The molecule has 0 saturated heterocycles. The highest BCUT2D eigenvalue weighted by molar-refractivity contribution is 6.32. The van der Waals surface area contributed by atoms with Gasteiger partial charge in [0.25, 0.3) is 5.56 Å². The lowest BCUT2D eigenvalue weighted by Gasteiger charge is -2.27. The molecule has 5 nitrogen and oxygen atoms in total. The Morgan fingerprint density at radius 2 is 2.05 bits per heavy atom. The summed E-state index contributed by atoms with van der Waals surface area (Å²) in [5.74, 6) is 0.449. The smallest absolute Gasteiger partial charge is 0.287 e. The van der Waals surface area contributed by atoms with Crippen LogP contribution in [-0.2, 0) is 6.54 Å². The Bertz CT molecular complexity index is 519. The van der Waals surface area contributed by atoms with Crippen molar-refractivity contribution in [1.29, 1.82) is 0 Å². The Labute approximate surface area is 132 Å². The van der Waals surface area contributed by atoms with Crippen molar-refractivity contribution < 1.29 is 0 Å². The van der Waals surface area contributed by atoms with Crippen molar-refractivity contribution in [2.24, 2.45) is 11.3 Å². The zero-order valence-corrected chi connectivity index (χ0v) is 14.7. The molecule has 0 aromatic carbocycles. The van der Waals surface area contributed by atoms with Crippen LogP contribution in [0.25, 0.3) is 0 Å². The molecule has 1 aromatic heterocycles. The van der Waals surface area contributed by atoms with E-state index in [1.165, 1.54) is 4.68 Å². The summed E-state index contributed by atoms with van der Waals surface area (Å²) in [6, 6.07) is 0. The van der Waals surface area contributed by atoms with Gasteiger partial charge in [0.2, 0.25) is 0 Å². The van der Waals surface area contributed by atoms with E-state index in [1.807, 2.05) is 19.0 Å². The van der Waals surface area contributed by atoms with E-state index in [-0.39, 0.29) is 16.0 Å². The normalized spacial score (nSPS) is 13.5. The fraction of sp³-hybridized carbons (Fsp3) is 0.733. The fourth-order valence-corrected chi connectivity index (χ4v) is 1.82. The summed E-state index contributed by atoms with van der Waals surface area (Å²) in [4.78, 5) is 14.2. The highest BCUT2D eigenvalue weighted by Gasteiger charge is 2.20. The molecule has 1 heterocycles. The summed E-state index contributed by atoms with van der Waals surface area (Å²) < 4.78 is 1.40. The van der Waals surface area contributed by atoms with Crippen LogP contribution in [0.2, 0.25) is 5.02 Å². The van der Waals surface area contributed by atoms with E-state index in [4.69, 9.17) is 11.6 Å². The first-order valence-corrected chi connectivity index (χ1v) is 7.65. The first kappa shape index (κ1) is 18.0. The number of nitrogens with one attached hydrogen (secondary N) is 1. The van der Waals surface area contributed by atoms with Gasteiger partial charge >= 0.3 is 0 Å². The zero-order chi connectivity index (χ0) is 16.2. The second kappa shape index (κ2) is 7.27. The summed E-state index contributed by atoms with van der Waals surface area (Å²) in [6.45, 7) is 10.8. The Balaban J connectivity index is 2.78. The number of rotatable bonds is 6. The van der Waals surface area contributed by atoms with E-state index < -0.39 is 0 Å². The van der Waals surface area contributed by atoms with E-state index in [9.17, 15) is 4.79 Å². The molecule has 0 fully saturated rings.